The van der Waals surface area contributed by atoms with E-state index in [4.69, 9.17) is 4.42 Å². The number of nitrogens with one attached hydrogen (secondary N) is 1. The van der Waals surface area contributed by atoms with Crippen LogP contribution in [0.2, 0.25) is 0 Å². The Kier molecular flexibility index (Phi) is 3.02. The molecule has 0 saturated carbocycles. The number of fused-ring (bicyclic) bond motifs is 2. The molecule has 1 N–H and O–H groups in total. The number of benzene rings is 2. The van der Waals surface area contributed by atoms with Gasteiger partial charge in [0.25, 0.3) is 0 Å². The molecule has 0 aliphatic carbocycles. The predicted octanol–water partition coefficient (Wildman–Crippen LogP) is 4.96. The Labute approximate surface area is 127 Å². The van der Waals surface area contributed by atoms with Gasteiger partial charge in [0.2, 0.25) is 0 Å². The molecule has 0 aliphatic rings. The lowest BCUT2D eigenvalue weighted by atomic mass is 9.97. The quantitative estimate of drug-likeness (QED) is 0.578. The summed E-state index contributed by atoms with van der Waals surface area (Å²) in [5.74, 6) is 0. The van der Waals surface area contributed by atoms with Gasteiger partial charge in [-0.25, -0.2) is 0 Å². The average Bonchev–Trinajstić information content (AvgIpc) is 3.15. The fourth-order valence-corrected chi connectivity index (χ4v) is 3.89. The molecule has 1 atom stereocenters. The number of furan rings is 1. The van der Waals surface area contributed by atoms with Gasteiger partial charge in [-0.3, -0.25) is 0 Å². The van der Waals surface area contributed by atoms with Crippen LogP contribution in [0.3, 0.4) is 0 Å². The van der Waals surface area contributed by atoms with Crippen molar-refractivity contribution in [3.8, 4) is 0 Å². The summed E-state index contributed by atoms with van der Waals surface area (Å²) in [4.78, 5) is 0. The third kappa shape index (κ3) is 1.97. The van der Waals surface area contributed by atoms with E-state index < -0.39 is 0 Å². The van der Waals surface area contributed by atoms with Gasteiger partial charge in [-0.15, -0.1) is 11.3 Å². The minimum Gasteiger partial charge on any atom is -0.464 e. The standard InChI is InChI=1S/C18H15NOS/c1-19-17(14-7-4-5-12-9-10-21-18(12)14)15-11-20-16-8-3-2-6-13(15)16/h2-11,17,19H,1H3. The summed E-state index contributed by atoms with van der Waals surface area (Å²) in [6.07, 6.45) is 1.87. The van der Waals surface area contributed by atoms with E-state index in [0.29, 0.717) is 0 Å². The summed E-state index contributed by atoms with van der Waals surface area (Å²) in [5, 5.41) is 8.06. The van der Waals surface area contributed by atoms with Gasteiger partial charge in [-0.2, -0.15) is 0 Å². The number of para-hydroxylation sites is 1. The minimum absolute atomic E-state index is 0.135. The summed E-state index contributed by atoms with van der Waals surface area (Å²) in [6.45, 7) is 0. The Hall–Kier alpha value is -2.10. The first-order valence-electron chi connectivity index (χ1n) is 6.98. The van der Waals surface area contributed by atoms with E-state index >= 15 is 0 Å². The highest BCUT2D eigenvalue weighted by Crippen LogP contribution is 2.35. The van der Waals surface area contributed by atoms with Crippen LogP contribution in [0.5, 0.6) is 0 Å². The zero-order valence-electron chi connectivity index (χ0n) is 11.7. The minimum atomic E-state index is 0.135. The second-order valence-corrected chi connectivity index (χ2v) is 6.01. The van der Waals surface area contributed by atoms with Crippen LogP contribution >= 0.6 is 11.3 Å². The summed E-state index contributed by atoms with van der Waals surface area (Å²) in [5.41, 5.74) is 3.43. The van der Waals surface area contributed by atoms with Crippen molar-refractivity contribution in [1.82, 2.24) is 5.32 Å². The van der Waals surface area contributed by atoms with Crippen LogP contribution < -0.4 is 5.32 Å². The molecule has 2 heterocycles. The molecule has 0 aliphatic heterocycles. The van der Waals surface area contributed by atoms with E-state index in [1.807, 2.05) is 25.4 Å². The fourth-order valence-electron chi connectivity index (χ4n) is 2.94. The summed E-state index contributed by atoms with van der Waals surface area (Å²) in [7, 11) is 2.00. The third-order valence-electron chi connectivity index (χ3n) is 3.93. The molecule has 2 aromatic carbocycles. The van der Waals surface area contributed by atoms with Crippen molar-refractivity contribution in [2.45, 2.75) is 6.04 Å². The highest BCUT2D eigenvalue weighted by molar-refractivity contribution is 7.17. The third-order valence-corrected chi connectivity index (χ3v) is 4.91. The normalized spacial score (nSPS) is 13.0. The van der Waals surface area contributed by atoms with E-state index in [9.17, 15) is 0 Å². The molecular formula is C18H15NOS. The lowest BCUT2D eigenvalue weighted by molar-refractivity contribution is 0.597. The lowest BCUT2D eigenvalue weighted by Gasteiger charge is -2.16. The van der Waals surface area contributed by atoms with Crippen molar-refractivity contribution in [3.63, 3.8) is 0 Å². The largest absolute Gasteiger partial charge is 0.464 e. The first-order chi connectivity index (χ1) is 10.4. The maximum atomic E-state index is 5.71. The fraction of sp³-hybridized carbons (Fsp3) is 0.111. The zero-order chi connectivity index (χ0) is 14.2. The van der Waals surface area contributed by atoms with E-state index in [1.165, 1.54) is 26.6 Å². The van der Waals surface area contributed by atoms with Gasteiger partial charge in [-0.1, -0.05) is 36.4 Å². The Morgan fingerprint density at radius 2 is 1.90 bits per heavy atom. The van der Waals surface area contributed by atoms with Crippen molar-refractivity contribution in [1.29, 1.82) is 0 Å². The van der Waals surface area contributed by atoms with Crippen LogP contribution in [0.15, 0.2) is 64.6 Å². The highest BCUT2D eigenvalue weighted by Gasteiger charge is 2.19. The predicted molar refractivity (Wildman–Crippen MR) is 88.9 cm³/mol. The Morgan fingerprint density at radius 1 is 1.00 bits per heavy atom. The van der Waals surface area contributed by atoms with E-state index in [2.05, 4.69) is 47.1 Å². The van der Waals surface area contributed by atoms with E-state index in [1.54, 1.807) is 11.3 Å². The van der Waals surface area contributed by atoms with Gasteiger partial charge in [0.1, 0.15) is 5.58 Å². The molecule has 21 heavy (non-hydrogen) atoms. The molecule has 2 nitrogen and oxygen atoms in total. The van der Waals surface area contributed by atoms with Crippen LogP contribution in [0.25, 0.3) is 21.1 Å². The SMILES string of the molecule is CNC(c1coc2ccccc12)c1cccc2ccsc12. The molecule has 4 rings (SSSR count). The summed E-state index contributed by atoms with van der Waals surface area (Å²) < 4.78 is 7.05. The van der Waals surface area contributed by atoms with Crippen LogP contribution in [0.1, 0.15) is 17.2 Å². The van der Waals surface area contributed by atoms with Gasteiger partial charge >= 0.3 is 0 Å². The van der Waals surface area contributed by atoms with Crippen molar-refractivity contribution in [2.24, 2.45) is 0 Å². The van der Waals surface area contributed by atoms with Crippen LogP contribution in [0.4, 0.5) is 0 Å². The van der Waals surface area contributed by atoms with Gasteiger partial charge in [0, 0.05) is 15.6 Å². The van der Waals surface area contributed by atoms with Crippen molar-refractivity contribution in [3.05, 3.63) is 71.3 Å². The first kappa shape index (κ1) is 12.6. The van der Waals surface area contributed by atoms with Crippen LogP contribution in [-0.2, 0) is 0 Å². The number of hydrogen-bond donors (Lipinski definition) is 1. The smallest absolute Gasteiger partial charge is 0.134 e. The lowest BCUT2D eigenvalue weighted by Crippen LogP contribution is -2.17. The van der Waals surface area contributed by atoms with Crippen LogP contribution in [0, 0.1) is 0 Å². The topological polar surface area (TPSA) is 25.2 Å². The van der Waals surface area contributed by atoms with Crippen molar-refractivity contribution in [2.75, 3.05) is 7.05 Å². The van der Waals surface area contributed by atoms with Gasteiger partial charge in [0.15, 0.2) is 0 Å². The van der Waals surface area contributed by atoms with Crippen molar-refractivity contribution < 1.29 is 4.42 Å². The molecule has 1 unspecified atom stereocenters. The summed E-state index contributed by atoms with van der Waals surface area (Å²) in [6, 6.07) is 17.0. The average molecular weight is 293 g/mol. The summed E-state index contributed by atoms with van der Waals surface area (Å²) >= 11 is 1.79. The zero-order valence-corrected chi connectivity index (χ0v) is 12.5. The molecule has 0 spiro atoms. The van der Waals surface area contributed by atoms with Gasteiger partial charge in [-0.05, 0) is 35.5 Å². The molecule has 0 fully saturated rings. The molecule has 104 valence electrons. The number of thiophene rings is 1. The van der Waals surface area contributed by atoms with Crippen LogP contribution in [-0.4, -0.2) is 7.05 Å². The molecule has 0 radical (unpaired) electrons. The second-order valence-electron chi connectivity index (χ2n) is 5.10. The van der Waals surface area contributed by atoms with Crippen molar-refractivity contribution >= 4 is 32.4 Å². The van der Waals surface area contributed by atoms with Gasteiger partial charge < -0.3 is 9.73 Å². The maximum absolute atomic E-state index is 5.71. The molecular weight excluding hydrogens is 278 g/mol. The molecule has 0 bridgehead atoms. The molecule has 4 aromatic rings. The monoisotopic (exact) mass is 293 g/mol. The van der Waals surface area contributed by atoms with Gasteiger partial charge in [0.05, 0.1) is 12.3 Å². The van der Waals surface area contributed by atoms with E-state index in [-0.39, 0.29) is 6.04 Å². The highest BCUT2D eigenvalue weighted by atomic mass is 32.1. The molecule has 0 amide bonds. The number of rotatable bonds is 3. The second kappa shape index (κ2) is 5.02. The molecule has 3 heteroatoms. The van der Waals surface area contributed by atoms with E-state index in [0.717, 1.165) is 5.58 Å². The maximum Gasteiger partial charge on any atom is 0.134 e. The first-order valence-corrected chi connectivity index (χ1v) is 7.86. The Morgan fingerprint density at radius 3 is 2.81 bits per heavy atom. The Balaban J connectivity index is 1.94. The number of hydrogen-bond acceptors (Lipinski definition) is 3. The molecule has 0 saturated heterocycles. The molecule has 2 aromatic heterocycles. The Bertz CT molecular complexity index is 906.